The molecule has 2 aromatic carbocycles. The molecule has 0 spiro atoms. The van der Waals surface area contributed by atoms with Gasteiger partial charge in [0.25, 0.3) is 5.91 Å². The molecule has 1 N–H and O–H groups in total. The lowest BCUT2D eigenvalue weighted by molar-refractivity contribution is -0.153. The van der Waals surface area contributed by atoms with Crippen molar-refractivity contribution in [1.82, 2.24) is 10.2 Å². The van der Waals surface area contributed by atoms with E-state index in [1.807, 2.05) is 74.2 Å². The number of nitrogens with one attached hydrogen (secondary N) is 1. The summed E-state index contributed by atoms with van der Waals surface area (Å²) in [5.41, 5.74) is 0.463. The molecule has 4 rings (SSSR count). The first-order valence-electron chi connectivity index (χ1n) is 12.7. The second kappa shape index (κ2) is 11.8. The van der Waals surface area contributed by atoms with Crippen molar-refractivity contribution in [3.8, 4) is 5.75 Å². The van der Waals surface area contributed by atoms with E-state index in [-0.39, 0.29) is 30.5 Å². The summed E-state index contributed by atoms with van der Waals surface area (Å²) in [5.74, 6) is 0.458. The van der Waals surface area contributed by atoms with E-state index >= 15 is 0 Å². The Hall–Kier alpha value is -2.61. The quantitative estimate of drug-likeness (QED) is 0.331. The number of halogens is 1. The molecule has 0 bridgehead atoms. The zero-order valence-electron chi connectivity index (χ0n) is 21.9. The van der Waals surface area contributed by atoms with Crippen molar-refractivity contribution in [2.24, 2.45) is 0 Å². The maximum absolute atomic E-state index is 14.0. The van der Waals surface area contributed by atoms with Crippen molar-refractivity contribution >= 4 is 44.9 Å². The molecule has 0 aliphatic heterocycles. The highest BCUT2D eigenvalue weighted by atomic mass is 35.5. The number of methoxy groups -OCH3 is 1. The van der Waals surface area contributed by atoms with Crippen LogP contribution in [0.1, 0.15) is 61.7 Å². The number of benzene rings is 2. The number of amides is 1. The molecule has 0 radical (unpaired) electrons. The monoisotopic (exact) mass is 542 g/mol. The Morgan fingerprint density at radius 1 is 1.05 bits per heavy atom. The van der Waals surface area contributed by atoms with Gasteiger partial charge >= 0.3 is 5.97 Å². The first-order chi connectivity index (χ1) is 17.7. The molecular weight excluding hydrogens is 508 g/mol. The zero-order chi connectivity index (χ0) is 26.6. The summed E-state index contributed by atoms with van der Waals surface area (Å²) in [7, 11) is 1.65. The number of hydrogen-bond donors (Lipinski definition) is 1. The fourth-order valence-electron chi connectivity index (χ4n) is 4.86. The van der Waals surface area contributed by atoms with E-state index in [9.17, 15) is 9.59 Å². The Morgan fingerprint density at radius 3 is 2.41 bits per heavy atom. The standard InChI is InChI=1S/C29H35ClN2O4S/c1-29(2,3)36-25(33)17-31-20-13-15-21(16-14-20)32(18-19-9-5-7-11-23(19)35-4)28(34)27-26(30)22-10-6-8-12-24(22)37-27/h5-12,20-21,31H,13-18H2,1-4H3. The van der Waals surface area contributed by atoms with Crippen LogP contribution in [-0.2, 0) is 16.1 Å². The predicted octanol–water partition coefficient (Wildman–Crippen LogP) is 6.45. The third-order valence-corrected chi connectivity index (χ3v) is 8.28. The second-order valence-corrected chi connectivity index (χ2v) is 11.9. The lowest BCUT2D eigenvalue weighted by atomic mass is 9.89. The van der Waals surface area contributed by atoms with E-state index in [4.69, 9.17) is 21.1 Å². The van der Waals surface area contributed by atoms with Crippen molar-refractivity contribution < 1.29 is 19.1 Å². The molecule has 1 heterocycles. The number of ether oxygens (including phenoxy) is 2. The summed E-state index contributed by atoms with van der Waals surface area (Å²) >= 11 is 8.16. The number of para-hydroxylation sites is 1. The number of esters is 1. The van der Waals surface area contributed by atoms with Gasteiger partial charge in [0.05, 0.1) is 18.7 Å². The highest BCUT2D eigenvalue weighted by Crippen LogP contribution is 2.38. The van der Waals surface area contributed by atoms with Gasteiger partial charge in [0.2, 0.25) is 0 Å². The molecule has 37 heavy (non-hydrogen) atoms. The molecule has 1 aromatic heterocycles. The van der Waals surface area contributed by atoms with Crippen LogP contribution in [-0.4, -0.2) is 48.1 Å². The number of carbonyl (C=O) groups is 2. The number of nitrogens with zero attached hydrogens (tertiary/aromatic N) is 1. The molecule has 1 saturated carbocycles. The van der Waals surface area contributed by atoms with E-state index in [2.05, 4.69) is 5.32 Å². The summed E-state index contributed by atoms with van der Waals surface area (Å²) in [6, 6.07) is 15.9. The number of rotatable bonds is 8. The van der Waals surface area contributed by atoms with Crippen molar-refractivity contribution in [3.05, 3.63) is 64.0 Å². The average Bonchev–Trinajstić information content (AvgIpc) is 3.22. The topological polar surface area (TPSA) is 67.9 Å². The third kappa shape index (κ3) is 6.83. The molecule has 0 saturated heterocycles. The van der Waals surface area contributed by atoms with Gasteiger partial charge in [-0.3, -0.25) is 9.59 Å². The fourth-order valence-corrected chi connectivity index (χ4v) is 6.33. The molecule has 1 aliphatic rings. The SMILES string of the molecule is COc1ccccc1CN(C(=O)c1sc2ccccc2c1Cl)C1CCC(NCC(=O)OC(C)(C)C)CC1. The van der Waals surface area contributed by atoms with Crippen molar-refractivity contribution in [2.45, 2.75) is 70.7 Å². The molecule has 0 unspecified atom stereocenters. The summed E-state index contributed by atoms with van der Waals surface area (Å²) < 4.78 is 12.0. The third-order valence-electron chi connectivity index (χ3n) is 6.62. The second-order valence-electron chi connectivity index (χ2n) is 10.5. The molecule has 6 nitrogen and oxygen atoms in total. The molecule has 1 fully saturated rings. The molecular formula is C29H35ClN2O4S. The number of carbonyl (C=O) groups excluding carboxylic acids is 2. The van der Waals surface area contributed by atoms with Crippen LogP contribution in [0.4, 0.5) is 0 Å². The Bertz CT molecular complexity index is 1240. The number of fused-ring (bicyclic) bond motifs is 1. The van der Waals surface area contributed by atoms with Crippen LogP contribution in [0.15, 0.2) is 48.5 Å². The predicted molar refractivity (Wildman–Crippen MR) is 150 cm³/mol. The Morgan fingerprint density at radius 2 is 1.73 bits per heavy atom. The smallest absolute Gasteiger partial charge is 0.320 e. The van der Waals surface area contributed by atoms with Gasteiger partial charge in [0, 0.05) is 34.3 Å². The highest BCUT2D eigenvalue weighted by molar-refractivity contribution is 7.21. The van der Waals surface area contributed by atoms with Crippen LogP contribution in [0.25, 0.3) is 10.1 Å². The Labute approximate surface area is 227 Å². The normalized spacial score (nSPS) is 18.0. The molecule has 198 valence electrons. The maximum Gasteiger partial charge on any atom is 0.320 e. The fraction of sp³-hybridized carbons (Fsp3) is 0.448. The van der Waals surface area contributed by atoms with Gasteiger partial charge in [-0.2, -0.15) is 0 Å². The number of hydrogen-bond acceptors (Lipinski definition) is 6. The van der Waals surface area contributed by atoms with Gasteiger partial charge in [-0.15, -0.1) is 11.3 Å². The largest absolute Gasteiger partial charge is 0.496 e. The molecule has 3 aromatic rings. The van der Waals surface area contributed by atoms with Crippen molar-refractivity contribution in [3.63, 3.8) is 0 Å². The molecule has 1 aliphatic carbocycles. The Kier molecular flexibility index (Phi) is 8.78. The van der Waals surface area contributed by atoms with E-state index in [1.54, 1.807) is 7.11 Å². The van der Waals surface area contributed by atoms with Crippen LogP contribution in [0.2, 0.25) is 5.02 Å². The average molecular weight is 543 g/mol. The summed E-state index contributed by atoms with van der Waals surface area (Å²) in [4.78, 5) is 28.7. The van der Waals surface area contributed by atoms with Crippen molar-refractivity contribution in [2.75, 3.05) is 13.7 Å². The molecule has 0 atom stereocenters. The lowest BCUT2D eigenvalue weighted by Gasteiger charge is -2.37. The van der Waals surface area contributed by atoms with Crippen LogP contribution < -0.4 is 10.1 Å². The van der Waals surface area contributed by atoms with E-state index in [0.29, 0.717) is 16.4 Å². The van der Waals surface area contributed by atoms with Gasteiger partial charge in [-0.05, 0) is 58.6 Å². The van der Waals surface area contributed by atoms with Gasteiger partial charge in [-0.1, -0.05) is 48.0 Å². The first-order valence-corrected chi connectivity index (χ1v) is 13.9. The van der Waals surface area contributed by atoms with E-state index < -0.39 is 5.60 Å². The summed E-state index contributed by atoms with van der Waals surface area (Å²) in [5, 5.41) is 4.77. The maximum atomic E-state index is 14.0. The first kappa shape index (κ1) is 27.4. The lowest BCUT2D eigenvalue weighted by Crippen LogP contribution is -2.46. The van der Waals surface area contributed by atoms with Gasteiger partial charge in [0.1, 0.15) is 16.2 Å². The Balaban J connectivity index is 1.51. The van der Waals surface area contributed by atoms with Gasteiger partial charge in [-0.25, -0.2) is 0 Å². The minimum Gasteiger partial charge on any atom is -0.496 e. The minimum absolute atomic E-state index is 0.0535. The van der Waals surface area contributed by atoms with Crippen molar-refractivity contribution in [1.29, 1.82) is 0 Å². The van der Waals surface area contributed by atoms with Crippen LogP contribution in [0, 0.1) is 0 Å². The summed E-state index contributed by atoms with van der Waals surface area (Å²) in [6.07, 6.45) is 3.39. The van der Waals surface area contributed by atoms with E-state index in [1.165, 1.54) is 11.3 Å². The minimum atomic E-state index is -0.496. The number of thiophene rings is 1. The highest BCUT2D eigenvalue weighted by Gasteiger charge is 2.32. The van der Waals surface area contributed by atoms with Crippen LogP contribution in [0.3, 0.4) is 0 Å². The summed E-state index contributed by atoms with van der Waals surface area (Å²) in [6.45, 7) is 6.23. The van der Waals surface area contributed by atoms with E-state index in [0.717, 1.165) is 47.1 Å². The van der Waals surface area contributed by atoms with Gasteiger partial charge in [0.15, 0.2) is 0 Å². The van der Waals surface area contributed by atoms with Gasteiger partial charge < -0.3 is 19.7 Å². The molecule has 8 heteroatoms. The van der Waals surface area contributed by atoms with Crippen LogP contribution >= 0.6 is 22.9 Å². The molecule has 1 amide bonds. The zero-order valence-corrected chi connectivity index (χ0v) is 23.5. The van der Waals surface area contributed by atoms with Crippen LogP contribution in [0.5, 0.6) is 5.75 Å².